The number of amides is 1. The van der Waals surface area contributed by atoms with Gasteiger partial charge in [0, 0.05) is 31.1 Å². The van der Waals surface area contributed by atoms with Crippen molar-refractivity contribution in [3.05, 3.63) is 41.3 Å². The molecule has 3 rings (SSSR count). The van der Waals surface area contributed by atoms with Gasteiger partial charge in [-0.25, -0.2) is 4.98 Å². The van der Waals surface area contributed by atoms with Crippen LogP contribution >= 0.6 is 11.6 Å². The Morgan fingerprint density at radius 2 is 2.08 bits per heavy atom. The van der Waals surface area contributed by atoms with E-state index in [4.69, 9.17) is 11.6 Å². The number of carbonyl (C=O) groups excluding carboxylic acids is 1. The van der Waals surface area contributed by atoms with Crippen molar-refractivity contribution in [2.75, 3.05) is 18.4 Å². The number of pyridine rings is 1. The SMILES string of the molecule is CC(C(=O)Nc1ccc(Cl)cn1)N1CCC(c2ccnn2C)CC1. The summed E-state index contributed by atoms with van der Waals surface area (Å²) in [6.07, 6.45) is 5.45. The molecule has 0 bridgehead atoms. The van der Waals surface area contributed by atoms with Crippen LogP contribution in [0.15, 0.2) is 30.6 Å². The Morgan fingerprint density at radius 1 is 1.33 bits per heavy atom. The first-order valence-corrected chi connectivity index (χ1v) is 8.57. The van der Waals surface area contributed by atoms with Crippen LogP contribution in [0.1, 0.15) is 31.4 Å². The number of rotatable bonds is 4. The number of piperidine rings is 1. The summed E-state index contributed by atoms with van der Waals surface area (Å²) in [7, 11) is 1.98. The molecule has 1 unspecified atom stereocenters. The van der Waals surface area contributed by atoms with Crippen LogP contribution in [0.2, 0.25) is 5.02 Å². The fourth-order valence-corrected chi connectivity index (χ4v) is 3.33. The summed E-state index contributed by atoms with van der Waals surface area (Å²) in [5.41, 5.74) is 1.28. The van der Waals surface area contributed by atoms with Crippen molar-refractivity contribution >= 4 is 23.3 Å². The summed E-state index contributed by atoms with van der Waals surface area (Å²) in [4.78, 5) is 18.8. The first-order valence-electron chi connectivity index (χ1n) is 8.19. The Morgan fingerprint density at radius 3 is 2.67 bits per heavy atom. The average Bonchev–Trinajstić information content (AvgIpc) is 3.02. The van der Waals surface area contributed by atoms with Crippen LogP contribution in [0, 0.1) is 0 Å². The second kappa shape index (κ2) is 7.32. The predicted octanol–water partition coefficient (Wildman–Crippen LogP) is 2.68. The first kappa shape index (κ1) is 16.9. The summed E-state index contributed by atoms with van der Waals surface area (Å²) in [6.45, 7) is 3.74. The quantitative estimate of drug-likeness (QED) is 0.923. The van der Waals surface area contributed by atoms with Crippen LogP contribution in [0.4, 0.5) is 5.82 Å². The molecule has 6 nitrogen and oxygen atoms in total. The molecule has 1 saturated heterocycles. The second-order valence-corrected chi connectivity index (χ2v) is 6.65. The molecule has 1 amide bonds. The lowest BCUT2D eigenvalue weighted by Crippen LogP contribution is -2.46. The fourth-order valence-electron chi connectivity index (χ4n) is 3.21. The molecule has 1 aliphatic heterocycles. The van der Waals surface area contributed by atoms with E-state index in [-0.39, 0.29) is 11.9 Å². The maximum atomic E-state index is 12.4. The van der Waals surface area contributed by atoms with Gasteiger partial charge < -0.3 is 5.32 Å². The molecular formula is C17H22ClN5O. The highest BCUT2D eigenvalue weighted by Crippen LogP contribution is 2.28. The summed E-state index contributed by atoms with van der Waals surface area (Å²) < 4.78 is 1.95. The van der Waals surface area contributed by atoms with E-state index < -0.39 is 0 Å². The number of nitrogens with zero attached hydrogens (tertiary/aromatic N) is 4. The molecule has 0 radical (unpaired) electrons. The second-order valence-electron chi connectivity index (χ2n) is 6.22. The number of hydrogen-bond acceptors (Lipinski definition) is 4. The van der Waals surface area contributed by atoms with Crippen molar-refractivity contribution in [2.45, 2.75) is 31.7 Å². The lowest BCUT2D eigenvalue weighted by atomic mass is 9.92. The number of nitrogens with one attached hydrogen (secondary N) is 1. The number of aromatic nitrogens is 3. The van der Waals surface area contributed by atoms with Crippen LogP contribution < -0.4 is 5.32 Å². The molecule has 1 aliphatic rings. The van der Waals surface area contributed by atoms with Crippen LogP contribution in [0.3, 0.4) is 0 Å². The molecule has 0 aliphatic carbocycles. The van der Waals surface area contributed by atoms with Gasteiger partial charge in [0.25, 0.3) is 0 Å². The Hall–Kier alpha value is -1.92. The molecule has 1 atom stereocenters. The van der Waals surface area contributed by atoms with Gasteiger partial charge in [-0.3, -0.25) is 14.4 Å². The van der Waals surface area contributed by atoms with Crippen molar-refractivity contribution in [1.29, 1.82) is 0 Å². The molecule has 0 spiro atoms. The molecule has 1 fully saturated rings. The number of hydrogen-bond donors (Lipinski definition) is 1. The van der Waals surface area contributed by atoms with Gasteiger partial charge in [0.05, 0.1) is 11.1 Å². The van der Waals surface area contributed by atoms with Gasteiger partial charge >= 0.3 is 0 Å². The standard InChI is InChI=1S/C17H22ClN5O/c1-12(17(24)21-16-4-3-14(18)11-19-16)23-9-6-13(7-10-23)15-5-8-20-22(15)2/h3-5,8,11-13H,6-7,9-10H2,1-2H3,(H,19,21,24). The van der Waals surface area contributed by atoms with Gasteiger partial charge in [0.15, 0.2) is 0 Å². The monoisotopic (exact) mass is 347 g/mol. The molecular weight excluding hydrogens is 326 g/mol. The zero-order valence-corrected chi connectivity index (χ0v) is 14.7. The predicted molar refractivity (Wildman–Crippen MR) is 94.1 cm³/mol. The lowest BCUT2D eigenvalue weighted by Gasteiger charge is -2.35. The van der Waals surface area contributed by atoms with Gasteiger partial charge in [-0.15, -0.1) is 0 Å². The fraction of sp³-hybridized carbons (Fsp3) is 0.471. The number of anilines is 1. The van der Waals surface area contributed by atoms with Crippen LogP contribution in [-0.2, 0) is 11.8 Å². The van der Waals surface area contributed by atoms with E-state index in [1.807, 2.05) is 24.9 Å². The Labute approximate surface area is 146 Å². The molecule has 128 valence electrons. The van der Waals surface area contributed by atoms with Crippen molar-refractivity contribution in [3.63, 3.8) is 0 Å². The highest BCUT2D eigenvalue weighted by Gasteiger charge is 2.28. The maximum Gasteiger partial charge on any atom is 0.242 e. The Balaban J connectivity index is 1.54. The third kappa shape index (κ3) is 3.76. The molecule has 7 heteroatoms. The summed E-state index contributed by atoms with van der Waals surface area (Å²) >= 11 is 5.81. The largest absolute Gasteiger partial charge is 0.309 e. The van der Waals surface area contributed by atoms with Gasteiger partial charge in [-0.1, -0.05) is 11.6 Å². The molecule has 0 saturated carbocycles. The van der Waals surface area contributed by atoms with E-state index in [0.29, 0.717) is 16.8 Å². The zero-order chi connectivity index (χ0) is 17.1. The minimum absolute atomic E-state index is 0.0381. The van der Waals surface area contributed by atoms with E-state index >= 15 is 0 Å². The van der Waals surface area contributed by atoms with E-state index in [2.05, 4.69) is 26.4 Å². The Kier molecular flexibility index (Phi) is 5.16. The van der Waals surface area contributed by atoms with Crippen molar-refractivity contribution in [3.8, 4) is 0 Å². The Bertz CT molecular complexity index is 691. The van der Waals surface area contributed by atoms with E-state index in [1.54, 1.807) is 12.1 Å². The van der Waals surface area contributed by atoms with E-state index in [1.165, 1.54) is 11.9 Å². The van der Waals surface area contributed by atoms with Crippen molar-refractivity contribution < 1.29 is 4.79 Å². The number of carbonyl (C=O) groups is 1. The highest BCUT2D eigenvalue weighted by molar-refractivity contribution is 6.30. The van der Waals surface area contributed by atoms with Crippen molar-refractivity contribution in [2.24, 2.45) is 7.05 Å². The zero-order valence-electron chi connectivity index (χ0n) is 13.9. The number of aryl methyl sites for hydroxylation is 1. The van der Waals surface area contributed by atoms with Crippen LogP contribution in [0.25, 0.3) is 0 Å². The summed E-state index contributed by atoms with van der Waals surface area (Å²) in [5.74, 6) is 1.01. The maximum absolute atomic E-state index is 12.4. The van der Waals surface area contributed by atoms with E-state index in [9.17, 15) is 4.79 Å². The minimum Gasteiger partial charge on any atom is -0.309 e. The molecule has 0 aromatic carbocycles. The topological polar surface area (TPSA) is 63.1 Å². The molecule has 3 heterocycles. The molecule has 1 N–H and O–H groups in total. The van der Waals surface area contributed by atoms with Crippen molar-refractivity contribution in [1.82, 2.24) is 19.7 Å². The third-order valence-corrected chi connectivity index (χ3v) is 4.94. The highest BCUT2D eigenvalue weighted by atomic mass is 35.5. The van der Waals surface area contributed by atoms with Crippen LogP contribution in [0.5, 0.6) is 0 Å². The minimum atomic E-state index is -0.185. The van der Waals surface area contributed by atoms with Gasteiger partial charge in [-0.2, -0.15) is 5.10 Å². The molecule has 2 aromatic heterocycles. The number of halogens is 1. The number of likely N-dealkylation sites (tertiary alicyclic amines) is 1. The van der Waals surface area contributed by atoms with Gasteiger partial charge in [0.1, 0.15) is 5.82 Å². The third-order valence-electron chi connectivity index (χ3n) is 4.71. The normalized spacial score (nSPS) is 17.6. The van der Waals surface area contributed by atoms with Gasteiger partial charge in [-0.05, 0) is 51.1 Å². The molecule has 24 heavy (non-hydrogen) atoms. The van der Waals surface area contributed by atoms with Gasteiger partial charge in [0.2, 0.25) is 5.91 Å². The average molecular weight is 348 g/mol. The lowest BCUT2D eigenvalue weighted by molar-refractivity contribution is -0.121. The summed E-state index contributed by atoms with van der Waals surface area (Å²) in [6, 6.07) is 5.33. The smallest absolute Gasteiger partial charge is 0.242 e. The summed E-state index contributed by atoms with van der Waals surface area (Å²) in [5, 5.41) is 7.65. The van der Waals surface area contributed by atoms with E-state index in [0.717, 1.165) is 25.9 Å². The molecule has 2 aromatic rings. The van der Waals surface area contributed by atoms with Crippen LogP contribution in [-0.4, -0.2) is 44.7 Å². The first-order chi connectivity index (χ1) is 11.5.